The van der Waals surface area contributed by atoms with Crippen LogP contribution in [0.15, 0.2) is 46.9 Å². The van der Waals surface area contributed by atoms with Gasteiger partial charge in [-0.15, -0.1) is 0 Å². The largest absolute Gasteiger partial charge is 0.488 e. The number of hydrogen-bond acceptors (Lipinski definition) is 2. The van der Waals surface area contributed by atoms with E-state index < -0.39 is 0 Å². The Morgan fingerprint density at radius 2 is 1.64 bits per heavy atom. The maximum Gasteiger partial charge on any atom is 0.129 e. The highest BCUT2D eigenvalue weighted by Gasteiger charge is 2.50. The van der Waals surface area contributed by atoms with E-state index in [0.717, 1.165) is 40.1 Å². The van der Waals surface area contributed by atoms with Crippen LogP contribution in [0.5, 0.6) is 5.75 Å². The van der Waals surface area contributed by atoms with Crippen molar-refractivity contribution in [2.45, 2.75) is 57.2 Å². The molecular weight excluding hydrogens is 417 g/mol. The van der Waals surface area contributed by atoms with Gasteiger partial charge in [0, 0.05) is 27.7 Å². The van der Waals surface area contributed by atoms with Gasteiger partial charge in [-0.05, 0) is 80.5 Å². The van der Waals surface area contributed by atoms with Crippen LogP contribution in [0.1, 0.15) is 49.7 Å². The number of benzene rings is 2. The lowest BCUT2D eigenvalue weighted by atomic mass is 9.53. The molecule has 0 radical (unpaired) electrons. The molecule has 2 aromatic rings. The lowest BCUT2D eigenvalue weighted by Crippen LogP contribution is -2.58. The van der Waals surface area contributed by atoms with Crippen molar-refractivity contribution >= 4 is 15.9 Å². The van der Waals surface area contributed by atoms with Crippen LogP contribution >= 0.6 is 15.9 Å². The summed E-state index contributed by atoms with van der Waals surface area (Å²) in [5, 5.41) is 3.95. The summed E-state index contributed by atoms with van der Waals surface area (Å²) in [6.45, 7) is 1.05. The topological polar surface area (TPSA) is 21.3 Å². The third kappa shape index (κ3) is 3.73. The molecule has 4 aliphatic carbocycles. The molecule has 28 heavy (non-hydrogen) atoms. The van der Waals surface area contributed by atoms with E-state index in [9.17, 15) is 4.39 Å². The smallest absolute Gasteiger partial charge is 0.129 e. The first-order valence-corrected chi connectivity index (χ1v) is 11.3. The van der Waals surface area contributed by atoms with E-state index in [0.29, 0.717) is 11.1 Å². The molecule has 0 spiro atoms. The Morgan fingerprint density at radius 3 is 2.32 bits per heavy atom. The van der Waals surface area contributed by atoms with Crippen molar-refractivity contribution in [1.29, 1.82) is 0 Å². The zero-order chi connectivity index (χ0) is 19.1. The van der Waals surface area contributed by atoms with E-state index >= 15 is 0 Å². The summed E-state index contributed by atoms with van der Waals surface area (Å²) in [6, 6.07) is 12.9. The molecule has 1 N–H and O–H groups in total. The molecular formula is C24H27BrFNO. The first-order chi connectivity index (χ1) is 13.6. The van der Waals surface area contributed by atoms with Gasteiger partial charge in [0.25, 0.3) is 0 Å². The quantitative estimate of drug-likeness (QED) is 0.571. The summed E-state index contributed by atoms with van der Waals surface area (Å²) < 4.78 is 21.0. The second-order valence-corrected chi connectivity index (χ2v) is 10.1. The van der Waals surface area contributed by atoms with Gasteiger partial charge in [0.1, 0.15) is 18.2 Å². The van der Waals surface area contributed by atoms with Crippen LogP contribution in [0, 0.1) is 23.6 Å². The minimum absolute atomic E-state index is 0.215. The van der Waals surface area contributed by atoms with Crippen LogP contribution in [0.3, 0.4) is 0 Å². The van der Waals surface area contributed by atoms with Gasteiger partial charge in [-0.25, -0.2) is 4.39 Å². The van der Waals surface area contributed by atoms with Crippen molar-refractivity contribution < 1.29 is 9.13 Å². The number of ether oxygens (including phenoxy) is 1. The zero-order valence-corrected chi connectivity index (χ0v) is 17.7. The van der Waals surface area contributed by atoms with Crippen molar-refractivity contribution in [2.24, 2.45) is 17.8 Å². The summed E-state index contributed by atoms with van der Waals surface area (Å²) in [7, 11) is 0. The Hall–Kier alpha value is -1.39. The number of halogens is 2. The van der Waals surface area contributed by atoms with Crippen molar-refractivity contribution in [3.05, 3.63) is 63.9 Å². The summed E-state index contributed by atoms with van der Waals surface area (Å²) in [5.41, 5.74) is 2.05. The maximum atomic E-state index is 13.9. The number of nitrogens with one attached hydrogen (secondary N) is 1. The highest BCUT2D eigenvalue weighted by Crippen LogP contribution is 2.55. The minimum atomic E-state index is -0.215. The molecule has 0 aromatic heterocycles. The standard InChI is InChI=1S/C24H27BrFNO/c25-21-5-6-23(28-15-19-3-1-2-4-22(19)26)20(10-21)14-27-24-11-16-7-17(12-24)9-18(8-16)13-24/h1-6,10,16-18,27H,7-9,11-15H2. The normalized spacial score (nSPS) is 30.6. The lowest BCUT2D eigenvalue weighted by Gasteiger charge is -2.57. The first-order valence-electron chi connectivity index (χ1n) is 10.5. The first kappa shape index (κ1) is 18.6. The van der Waals surface area contributed by atoms with Crippen molar-refractivity contribution in [2.75, 3.05) is 0 Å². The predicted molar refractivity (Wildman–Crippen MR) is 113 cm³/mol. The highest BCUT2D eigenvalue weighted by atomic mass is 79.9. The zero-order valence-electron chi connectivity index (χ0n) is 16.1. The van der Waals surface area contributed by atoms with Gasteiger partial charge in [0.05, 0.1) is 0 Å². The summed E-state index contributed by atoms with van der Waals surface area (Å²) in [6.07, 6.45) is 8.35. The van der Waals surface area contributed by atoms with Crippen molar-refractivity contribution in [3.8, 4) is 5.75 Å². The molecule has 0 amide bonds. The Bertz CT molecular complexity index is 832. The van der Waals surface area contributed by atoms with Crippen LogP contribution in [-0.4, -0.2) is 5.54 Å². The molecule has 2 aromatic carbocycles. The van der Waals surface area contributed by atoms with Crippen molar-refractivity contribution in [3.63, 3.8) is 0 Å². The van der Waals surface area contributed by atoms with Crippen LogP contribution < -0.4 is 10.1 Å². The Balaban J connectivity index is 1.30. The van der Waals surface area contributed by atoms with E-state index in [2.05, 4.69) is 27.3 Å². The molecule has 4 fully saturated rings. The Morgan fingerprint density at radius 1 is 0.964 bits per heavy atom. The maximum absolute atomic E-state index is 13.9. The van der Waals surface area contributed by atoms with Crippen LogP contribution in [-0.2, 0) is 13.2 Å². The average molecular weight is 444 g/mol. The minimum Gasteiger partial charge on any atom is -0.488 e. The highest BCUT2D eigenvalue weighted by molar-refractivity contribution is 9.10. The molecule has 4 bridgehead atoms. The number of rotatable bonds is 6. The Kier molecular flexibility index (Phi) is 4.96. The lowest BCUT2D eigenvalue weighted by molar-refractivity contribution is -0.0206. The SMILES string of the molecule is Fc1ccccc1COc1ccc(Br)cc1CNC12CC3CC(CC(C3)C1)C2. The monoisotopic (exact) mass is 443 g/mol. The molecule has 0 aliphatic heterocycles. The second kappa shape index (κ2) is 7.46. The summed E-state index contributed by atoms with van der Waals surface area (Å²) in [5.74, 6) is 3.41. The summed E-state index contributed by atoms with van der Waals surface area (Å²) >= 11 is 3.59. The third-order valence-corrected chi connectivity index (χ3v) is 7.55. The molecule has 0 atom stereocenters. The molecule has 0 unspecified atom stereocenters. The van der Waals surface area contributed by atoms with Gasteiger partial charge in [0.15, 0.2) is 0 Å². The third-order valence-electron chi connectivity index (χ3n) is 7.06. The fraction of sp³-hybridized carbons (Fsp3) is 0.500. The van der Waals surface area contributed by atoms with E-state index in [1.165, 1.54) is 44.6 Å². The van der Waals surface area contributed by atoms with Crippen molar-refractivity contribution in [1.82, 2.24) is 5.32 Å². The fourth-order valence-corrected chi connectivity index (χ4v) is 6.62. The molecule has 6 rings (SSSR count). The fourth-order valence-electron chi connectivity index (χ4n) is 6.21. The van der Waals surface area contributed by atoms with Gasteiger partial charge in [-0.3, -0.25) is 0 Å². The van der Waals surface area contributed by atoms with Gasteiger partial charge < -0.3 is 10.1 Å². The molecule has 4 saturated carbocycles. The van der Waals surface area contributed by atoms with E-state index in [1.54, 1.807) is 12.1 Å². The number of hydrogen-bond donors (Lipinski definition) is 1. The molecule has 4 heteroatoms. The second-order valence-electron chi connectivity index (χ2n) is 9.18. The van der Waals surface area contributed by atoms with Gasteiger partial charge in [-0.1, -0.05) is 34.1 Å². The molecule has 0 heterocycles. The van der Waals surface area contributed by atoms with Gasteiger partial charge in [-0.2, -0.15) is 0 Å². The Labute approximate surface area is 175 Å². The van der Waals surface area contributed by atoms with Gasteiger partial charge >= 0.3 is 0 Å². The van der Waals surface area contributed by atoms with Crippen LogP contribution in [0.4, 0.5) is 4.39 Å². The molecule has 4 aliphatic rings. The summed E-state index contributed by atoms with van der Waals surface area (Å²) in [4.78, 5) is 0. The molecule has 148 valence electrons. The average Bonchev–Trinajstić information content (AvgIpc) is 2.66. The van der Waals surface area contributed by atoms with Crippen LogP contribution in [0.25, 0.3) is 0 Å². The molecule has 0 saturated heterocycles. The van der Waals surface area contributed by atoms with Crippen LogP contribution in [0.2, 0.25) is 0 Å². The predicted octanol–water partition coefficient (Wildman–Crippen LogP) is 6.23. The van der Waals surface area contributed by atoms with E-state index in [1.807, 2.05) is 18.2 Å². The van der Waals surface area contributed by atoms with E-state index in [-0.39, 0.29) is 12.4 Å². The molecule has 2 nitrogen and oxygen atoms in total. The van der Waals surface area contributed by atoms with Gasteiger partial charge in [0.2, 0.25) is 0 Å². The van der Waals surface area contributed by atoms with E-state index in [4.69, 9.17) is 4.74 Å².